The van der Waals surface area contributed by atoms with Crippen LogP contribution in [-0.4, -0.2) is 94.5 Å². The number of ether oxygens (including phenoxy) is 2. The van der Waals surface area contributed by atoms with Gasteiger partial charge in [0.2, 0.25) is 11.8 Å². The summed E-state index contributed by atoms with van der Waals surface area (Å²) in [6, 6.07) is 7.73. The van der Waals surface area contributed by atoms with Crippen molar-refractivity contribution in [3.8, 4) is 0 Å². The number of piperazine rings is 1. The van der Waals surface area contributed by atoms with E-state index >= 15 is 4.39 Å². The van der Waals surface area contributed by atoms with Crippen molar-refractivity contribution in [2.24, 2.45) is 0 Å². The summed E-state index contributed by atoms with van der Waals surface area (Å²) in [6.07, 6.45) is 0. The smallest absolute Gasteiger partial charge is 0.229 e. The highest BCUT2D eigenvalue weighted by atomic mass is 19.1. The predicted octanol–water partition coefficient (Wildman–Crippen LogP) is 1.82. The Hall–Kier alpha value is -2.98. The summed E-state index contributed by atoms with van der Waals surface area (Å²) in [6.45, 7) is 9.31. The number of rotatable bonds is 5. The largest absolute Gasteiger partial charge is 0.378 e. The number of morpholine rings is 2. The summed E-state index contributed by atoms with van der Waals surface area (Å²) >= 11 is 0. The molecule has 2 aromatic rings. The lowest BCUT2D eigenvalue weighted by Gasteiger charge is -2.37. The molecule has 4 heterocycles. The number of halogens is 1. The third-order valence-corrected chi connectivity index (χ3v) is 6.63. The van der Waals surface area contributed by atoms with E-state index in [9.17, 15) is 4.79 Å². The minimum atomic E-state index is -0.364. The van der Waals surface area contributed by atoms with E-state index in [-0.39, 0.29) is 11.6 Å². The van der Waals surface area contributed by atoms with Crippen LogP contribution >= 0.6 is 0 Å². The number of Topliss-reactive ketones (excluding diaryl/α,β-unsaturated/α-hetero) is 1. The van der Waals surface area contributed by atoms with Crippen molar-refractivity contribution >= 4 is 29.1 Å². The van der Waals surface area contributed by atoms with E-state index in [1.165, 1.54) is 0 Å². The van der Waals surface area contributed by atoms with Crippen LogP contribution in [0.4, 0.5) is 27.7 Å². The quantitative estimate of drug-likeness (QED) is 0.609. The van der Waals surface area contributed by atoms with Crippen LogP contribution in [0.15, 0.2) is 24.3 Å². The number of hydrogen-bond acceptors (Lipinski definition) is 9. The fraction of sp³-hybridized carbons (Fsp3) is 0.542. The number of nitrogens with zero attached hydrogens (tertiary/aromatic N) is 6. The molecular formula is C24H31FN6O3. The van der Waals surface area contributed by atoms with Gasteiger partial charge in [0.25, 0.3) is 0 Å². The highest BCUT2D eigenvalue weighted by molar-refractivity contribution is 5.94. The standard InChI is InChI=1S/C24H31FN6O3/c1-18(32)19-2-4-20(5-3-19)28-6-8-31(9-7-28)24-26-22(29-10-14-33-15-11-29)21(25)23(27-24)30-12-16-34-17-13-30/h2-5H,6-17H2,1H3. The summed E-state index contributed by atoms with van der Waals surface area (Å²) in [5, 5.41) is 0. The second kappa shape index (κ2) is 10.1. The fourth-order valence-electron chi connectivity index (χ4n) is 4.59. The molecule has 0 amide bonds. The van der Waals surface area contributed by atoms with Gasteiger partial charge in [0.15, 0.2) is 17.4 Å². The van der Waals surface area contributed by atoms with E-state index in [0.29, 0.717) is 75.8 Å². The van der Waals surface area contributed by atoms with Gasteiger partial charge in [-0.05, 0) is 31.2 Å². The Morgan fingerprint density at radius 3 is 1.68 bits per heavy atom. The lowest BCUT2D eigenvalue weighted by atomic mass is 10.1. The molecule has 1 aromatic heterocycles. The molecule has 0 aliphatic carbocycles. The molecule has 0 bridgehead atoms. The van der Waals surface area contributed by atoms with Crippen LogP contribution in [0.2, 0.25) is 0 Å². The summed E-state index contributed by atoms with van der Waals surface area (Å²) in [7, 11) is 0. The van der Waals surface area contributed by atoms with Gasteiger partial charge in [0, 0.05) is 63.6 Å². The molecule has 182 valence electrons. The van der Waals surface area contributed by atoms with E-state index in [0.717, 1.165) is 31.9 Å². The minimum Gasteiger partial charge on any atom is -0.378 e. The zero-order valence-electron chi connectivity index (χ0n) is 19.6. The first-order chi connectivity index (χ1) is 16.6. The summed E-state index contributed by atoms with van der Waals surface area (Å²) in [5.74, 6) is 0.985. The lowest BCUT2D eigenvalue weighted by Crippen LogP contribution is -2.47. The normalized spacial score (nSPS) is 19.5. The molecule has 9 nitrogen and oxygen atoms in total. The molecule has 3 fully saturated rings. The molecule has 0 saturated carbocycles. The Bertz CT molecular complexity index is 961. The minimum absolute atomic E-state index is 0.0666. The number of anilines is 4. The van der Waals surface area contributed by atoms with Crippen molar-refractivity contribution in [2.45, 2.75) is 6.92 Å². The molecule has 0 radical (unpaired) electrons. The van der Waals surface area contributed by atoms with E-state index in [2.05, 4.69) is 9.80 Å². The van der Waals surface area contributed by atoms with Crippen LogP contribution < -0.4 is 19.6 Å². The Morgan fingerprint density at radius 2 is 1.21 bits per heavy atom. The molecule has 10 heteroatoms. The highest BCUT2D eigenvalue weighted by Crippen LogP contribution is 2.30. The Kier molecular flexibility index (Phi) is 6.77. The number of carbonyl (C=O) groups is 1. The Labute approximate surface area is 199 Å². The molecule has 3 saturated heterocycles. The Balaban J connectivity index is 1.36. The summed E-state index contributed by atoms with van der Waals surface area (Å²) in [4.78, 5) is 29.3. The van der Waals surface area contributed by atoms with Crippen LogP contribution in [0.5, 0.6) is 0 Å². The van der Waals surface area contributed by atoms with Crippen LogP contribution in [0.25, 0.3) is 0 Å². The molecule has 3 aliphatic rings. The van der Waals surface area contributed by atoms with Gasteiger partial charge in [-0.15, -0.1) is 0 Å². The first-order valence-corrected chi connectivity index (χ1v) is 11.9. The van der Waals surface area contributed by atoms with Crippen molar-refractivity contribution in [3.63, 3.8) is 0 Å². The molecule has 0 spiro atoms. The highest BCUT2D eigenvalue weighted by Gasteiger charge is 2.28. The van der Waals surface area contributed by atoms with Gasteiger partial charge in [0.1, 0.15) is 0 Å². The monoisotopic (exact) mass is 470 g/mol. The predicted molar refractivity (Wildman–Crippen MR) is 129 cm³/mol. The Morgan fingerprint density at radius 1 is 0.735 bits per heavy atom. The van der Waals surface area contributed by atoms with Gasteiger partial charge in [0.05, 0.1) is 26.4 Å². The van der Waals surface area contributed by atoms with Crippen LogP contribution in [0.1, 0.15) is 17.3 Å². The van der Waals surface area contributed by atoms with Crippen LogP contribution in [0, 0.1) is 5.82 Å². The van der Waals surface area contributed by atoms with Crippen molar-refractivity contribution in [1.82, 2.24) is 9.97 Å². The number of hydrogen-bond donors (Lipinski definition) is 0. The van der Waals surface area contributed by atoms with Crippen LogP contribution in [0.3, 0.4) is 0 Å². The maximum atomic E-state index is 15.6. The molecule has 1 aromatic carbocycles. The van der Waals surface area contributed by atoms with Crippen molar-refractivity contribution in [1.29, 1.82) is 0 Å². The van der Waals surface area contributed by atoms with Crippen molar-refractivity contribution in [3.05, 3.63) is 35.6 Å². The zero-order valence-corrected chi connectivity index (χ0v) is 19.6. The second-order valence-corrected chi connectivity index (χ2v) is 8.76. The number of carbonyl (C=O) groups excluding carboxylic acids is 1. The summed E-state index contributed by atoms with van der Waals surface area (Å²) < 4.78 is 26.5. The van der Waals surface area contributed by atoms with Gasteiger partial charge >= 0.3 is 0 Å². The summed E-state index contributed by atoms with van der Waals surface area (Å²) in [5.41, 5.74) is 1.81. The van der Waals surface area contributed by atoms with E-state index in [1.54, 1.807) is 6.92 Å². The first-order valence-electron chi connectivity index (χ1n) is 11.9. The second-order valence-electron chi connectivity index (χ2n) is 8.76. The number of ketones is 1. The third-order valence-electron chi connectivity index (χ3n) is 6.63. The first kappa shape index (κ1) is 22.8. The van der Waals surface area contributed by atoms with Crippen molar-refractivity contribution in [2.75, 3.05) is 98.4 Å². The number of benzene rings is 1. The van der Waals surface area contributed by atoms with Crippen molar-refractivity contribution < 1.29 is 18.7 Å². The van der Waals surface area contributed by atoms with Gasteiger partial charge in [-0.3, -0.25) is 4.79 Å². The number of aromatic nitrogens is 2. The average molecular weight is 471 g/mol. The molecule has 3 aliphatic heterocycles. The van der Waals surface area contributed by atoms with E-state index in [4.69, 9.17) is 19.4 Å². The average Bonchev–Trinajstić information content (AvgIpc) is 2.90. The maximum absolute atomic E-state index is 15.6. The topological polar surface area (TPSA) is 74.3 Å². The van der Waals surface area contributed by atoms with E-state index < -0.39 is 0 Å². The molecule has 0 unspecified atom stereocenters. The molecule has 34 heavy (non-hydrogen) atoms. The molecular weight excluding hydrogens is 439 g/mol. The van der Waals surface area contributed by atoms with Crippen LogP contribution in [-0.2, 0) is 9.47 Å². The zero-order chi connectivity index (χ0) is 23.5. The molecule has 5 rings (SSSR count). The SMILES string of the molecule is CC(=O)c1ccc(N2CCN(c3nc(N4CCOCC4)c(F)c(N4CCOCC4)n3)CC2)cc1. The fourth-order valence-corrected chi connectivity index (χ4v) is 4.59. The third kappa shape index (κ3) is 4.78. The van der Waals surface area contributed by atoms with Gasteiger partial charge in [-0.25, -0.2) is 0 Å². The van der Waals surface area contributed by atoms with Gasteiger partial charge in [-0.2, -0.15) is 14.4 Å². The van der Waals surface area contributed by atoms with Gasteiger partial charge < -0.3 is 29.1 Å². The molecule has 0 atom stereocenters. The lowest BCUT2D eigenvalue weighted by molar-refractivity contribution is 0.101. The molecule has 0 N–H and O–H groups in total. The van der Waals surface area contributed by atoms with Gasteiger partial charge in [-0.1, -0.05) is 0 Å². The maximum Gasteiger partial charge on any atom is 0.229 e. The van der Waals surface area contributed by atoms with E-state index in [1.807, 2.05) is 34.1 Å².